The molecule has 2 rings (SSSR count). The van der Waals surface area contributed by atoms with Crippen LogP contribution in [0, 0.1) is 18.3 Å². The fourth-order valence-corrected chi connectivity index (χ4v) is 1.75. The summed E-state index contributed by atoms with van der Waals surface area (Å²) in [6.07, 6.45) is 3.11. The summed E-state index contributed by atoms with van der Waals surface area (Å²) in [6.45, 7) is 2.22. The highest BCUT2D eigenvalue weighted by Gasteiger charge is 2.09. The predicted molar refractivity (Wildman–Crippen MR) is 75.3 cm³/mol. The van der Waals surface area contributed by atoms with Gasteiger partial charge in [-0.15, -0.1) is 0 Å². The number of hydrogen-bond donors (Lipinski definition) is 1. The third-order valence-corrected chi connectivity index (χ3v) is 2.72. The summed E-state index contributed by atoms with van der Waals surface area (Å²) in [6, 6.07) is 13.0. The fourth-order valence-electron chi connectivity index (χ4n) is 1.75. The second kappa shape index (κ2) is 6.39. The number of aryl methyl sites for hydroxylation is 1. The minimum atomic E-state index is -0.412. The van der Waals surface area contributed by atoms with Crippen molar-refractivity contribution in [1.29, 1.82) is 5.26 Å². The minimum Gasteiger partial charge on any atom is -0.467 e. The summed E-state index contributed by atoms with van der Waals surface area (Å²) in [5.41, 5.74) is 1.98. The van der Waals surface area contributed by atoms with Gasteiger partial charge in [-0.05, 0) is 30.7 Å². The van der Waals surface area contributed by atoms with Crippen LogP contribution in [0.5, 0.6) is 0 Å². The molecule has 0 aliphatic rings. The number of hydrogen-bond acceptors (Lipinski definition) is 3. The number of carbonyl (C=O) groups is 1. The summed E-state index contributed by atoms with van der Waals surface area (Å²) in [7, 11) is 0. The highest BCUT2D eigenvalue weighted by atomic mass is 16.3. The summed E-state index contributed by atoms with van der Waals surface area (Å²) >= 11 is 0. The van der Waals surface area contributed by atoms with E-state index in [1.165, 1.54) is 6.26 Å². The minimum absolute atomic E-state index is 0.0714. The van der Waals surface area contributed by atoms with E-state index in [4.69, 9.17) is 9.68 Å². The number of nitriles is 1. The Balaban J connectivity index is 2.07. The second-order valence-corrected chi connectivity index (χ2v) is 4.35. The first-order valence-corrected chi connectivity index (χ1v) is 6.18. The van der Waals surface area contributed by atoms with Crippen LogP contribution >= 0.6 is 0 Å². The molecule has 0 atom stereocenters. The molecule has 20 heavy (non-hydrogen) atoms. The monoisotopic (exact) mass is 266 g/mol. The molecule has 1 amide bonds. The summed E-state index contributed by atoms with van der Waals surface area (Å²) in [4.78, 5) is 11.9. The lowest BCUT2D eigenvalue weighted by atomic mass is 10.1. The molecule has 100 valence electrons. The van der Waals surface area contributed by atoms with Crippen LogP contribution in [0.1, 0.15) is 16.9 Å². The number of nitrogens with one attached hydrogen (secondary N) is 1. The van der Waals surface area contributed by atoms with Gasteiger partial charge in [-0.1, -0.05) is 29.8 Å². The Hall–Kier alpha value is -2.80. The van der Waals surface area contributed by atoms with Crippen molar-refractivity contribution in [1.82, 2.24) is 5.32 Å². The Labute approximate surface area is 117 Å². The van der Waals surface area contributed by atoms with Crippen LogP contribution in [0.4, 0.5) is 0 Å². The van der Waals surface area contributed by atoms with Crippen LogP contribution < -0.4 is 5.32 Å². The normalized spacial score (nSPS) is 10.9. The lowest BCUT2D eigenvalue weighted by Crippen LogP contribution is -2.23. The van der Waals surface area contributed by atoms with Gasteiger partial charge in [0, 0.05) is 0 Å². The van der Waals surface area contributed by atoms with Crippen molar-refractivity contribution < 1.29 is 9.21 Å². The summed E-state index contributed by atoms with van der Waals surface area (Å²) < 4.78 is 5.11. The molecule has 0 fully saturated rings. The molecule has 1 N–H and O–H groups in total. The Morgan fingerprint density at radius 1 is 1.40 bits per heavy atom. The van der Waals surface area contributed by atoms with Crippen LogP contribution in [0.25, 0.3) is 6.08 Å². The van der Waals surface area contributed by atoms with Gasteiger partial charge in [0.2, 0.25) is 0 Å². The van der Waals surface area contributed by atoms with E-state index < -0.39 is 5.91 Å². The molecule has 1 heterocycles. The quantitative estimate of drug-likeness (QED) is 0.683. The van der Waals surface area contributed by atoms with E-state index >= 15 is 0 Å². The van der Waals surface area contributed by atoms with E-state index in [1.807, 2.05) is 37.3 Å². The maximum atomic E-state index is 11.9. The Bertz CT molecular complexity index is 664. The Morgan fingerprint density at radius 2 is 2.25 bits per heavy atom. The van der Waals surface area contributed by atoms with Gasteiger partial charge < -0.3 is 9.73 Å². The molecule has 4 nitrogen and oxygen atoms in total. The van der Waals surface area contributed by atoms with Crippen molar-refractivity contribution in [2.75, 3.05) is 0 Å². The number of furan rings is 1. The smallest absolute Gasteiger partial charge is 0.262 e. The number of amides is 1. The van der Waals surface area contributed by atoms with Crippen LogP contribution in [0.3, 0.4) is 0 Å². The molecule has 0 aliphatic carbocycles. The predicted octanol–water partition coefficient (Wildman–Crippen LogP) is 2.81. The molecule has 0 saturated heterocycles. The van der Waals surface area contributed by atoms with Crippen molar-refractivity contribution in [3.05, 3.63) is 65.1 Å². The number of nitrogens with zero attached hydrogens (tertiary/aromatic N) is 1. The van der Waals surface area contributed by atoms with Crippen molar-refractivity contribution in [3.63, 3.8) is 0 Å². The highest BCUT2D eigenvalue weighted by molar-refractivity contribution is 6.01. The summed E-state index contributed by atoms with van der Waals surface area (Å²) in [5, 5.41) is 11.7. The van der Waals surface area contributed by atoms with E-state index in [2.05, 4.69) is 5.32 Å². The molecule has 0 unspecified atom stereocenters. The Kier molecular flexibility index (Phi) is 4.35. The van der Waals surface area contributed by atoms with Gasteiger partial charge in [-0.3, -0.25) is 4.79 Å². The zero-order valence-electron chi connectivity index (χ0n) is 11.1. The van der Waals surface area contributed by atoms with Gasteiger partial charge in [-0.2, -0.15) is 5.26 Å². The molecule has 2 aromatic rings. The number of rotatable bonds is 4. The maximum Gasteiger partial charge on any atom is 0.262 e. The first-order valence-electron chi connectivity index (χ1n) is 6.18. The average molecular weight is 266 g/mol. The second-order valence-electron chi connectivity index (χ2n) is 4.35. The van der Waals surface area contributed by atoms with Gasteiger partial charge in [0.25, 0.3) is 5.91 Å². The average Bonchev–Trinajstić information content (AvgIpc) is 2.95. The van der Waals surface area contributed by atoms with Gasteiger partial charge in [0.1, 0.15) is 17.4 Å². The van der Waals surface area contributed by atoms with Crippen LogP contribution in [0.15, 0.2) is 52.7 Å². The molecule has 1 aromatic heterocycles. The third kappa shape index (κ3) is 3.59. The number of benzene rings is 1. The van der Waals surface area contributed by atoms with Gasteiger partial charge in [0.15, 0.2) is 0 Å². The lowest BCUT2D eigenvalue weighted by Gasteiger charge is -2.02. The van der Waals surface area contributed by atoms with Crippen molar-refractivity contribution in [3.8, 4) is 6.07 Å². The number of carbonyl (C=O) groups excluding carboxylic acids is 1. The van der Waals surface area contributed by atoms with Gasteiger partial charge >= 0.3 is 0 Å². The van der Waals surface area contributed by atoms with E-state index in [0.717, 1.165) is 11.1 Å². The van der Waals surface area contributed by atoms with Crippen molar-refractivity contribution in [2.24, 2.45) is 0 Å². The topological polar surface area (TPSA) is 66.0 Å². The SMILES string of the molecule is Cc1cccc(C=C(C#N)C(=O)NCc2ccco2)c1. The highest BCUT2D eigenvalue weighted by Crippen LogP contribution is 2.09. The van der Waals surface area contributed by atoms with E-state index in [1.54, 1.807) is 18.2 Å². The van der Waals surface area contributed by atoms with E-state index in [9.17, 15) is 4.79 Å². The zero-order chi connectivity index (χ0) is 14.4. The molecular formula is C16H14N2O2. The molecule has 0 spiro atoms. The summed E-state index contributed by atoms with van der Waals surface area (Å²) in [5.74, 6) is 0.233. The van der Waals surface area contributed by atoms with Gasteiger partial charge in [0.05, 0.1) is 12.8 Å². The zero-order valence-corrected chi connectivity index (χ0v) is 11.1. The van der Waals surface area contributed by atoms with Crippen LogP contribution in [-0.4, -0.2) is 5.91 Å². The van der Waals surface area contributed by atoms with E-state index in [-0.39, 0.29) is 12.1 Å². The molecule has 0 saturated carbocycles. The van der Waals surface area contributed by atoms with E-state index in [0.29, 0.717) is 5.76 Å². The first kappa shape index (κ1) is 13.6. The Morgan fingerprint density at radius 3 is 2.90 bits per heavy atom. The van der Waals surface area contributed by atoms with Crippen LogP contribution in [-0.2, 0) is 11.3 Å². The van der Waals surface area contributed by atoms with Crippen molar-refractivity contribution in [2.45, 2.75) is 13.5 Å². The molecule has 1 aromatic carbocycles. The molecule has 0 aliphatic heterocycles. The first-order chi connectivity index (χ1) is 9.69. The molecular weight excluding hydrogens is 252 g/mol. The fraction of sp³-hybridized carbons (Fsp3) is 0.125. The maximum absolute atomic E-state index is 11.9. The molecule has 4 heteroatoms. The third-order valence-electron chi connectivity index (χ3n) is 2.72. The standard InChI is InChI=1S/C16H14N2O2/c1-12-4-2-5-13(8-12)9-14(10-17)16(19)18-11-15-6-3-7-20-15/h2-9H,11H2,1H3,(H,18,19). The van der Waals surface area contributed by atoms with Crippen molar-refractivity contribution >= 4 is 12.0 Å². The molecule has 0 radical (unpaired) electrons. The van der Waals surface area contributed by atoms with Gasteiger partial charge in [-0.25, -0.2) is 0 Å². The lowest BCUT2D eigenvalue weighted by molar-refractivity contribution is -0.117. The largest absolute Gasteiger partial charge is 0.467 e. The van der Waals surface area contributed by atoms with Crippen LogP contribution in [0.2, 0.25) is 0 Å². The molecule has 0 bridgehead atoms.